The molecular formula is C17H20ClN3O5. The van der Waals surface area contributed by atoms with Gasteiger partial charge in [0.05, 0.1) is 23.7 Å². The Balaban J connectivity index is 1.82. The zero-order valence-electron chi connectivity index (χ0n) is 14.9. The minimum atomic E-state index is -0.703. The molecule has 9 heteroatoms. The summed E-state index contributed by atoms with van der Waals surface area (Å²) in [6, 6.07) is 0. The van der Waals surface area contributed by atoms with Gasteiger partial charge < -0.3 is 23.5 Å². The molecule has 2 aromatic rings. The van der Waals surface area contributed by atoms with Gasteiger partial charge in [0.15, 0.2) is 12.0 Å². The Labute approximate surface area is 155 Å². The van der Waals surface area contributed by atoms with Gasteiger partial charge in [-0.3, -0.25) is 0 Å². The molecule has 0 saturated carbocycles. The van der Waals surface area contributed by atoms with Crippen LogP contribution in [0, 0.1) is 0 Å². The fraction of sp³-hybridized carbons (Fsp3) is 0.588. The quantitative estimate of drug-likeness (QED) is 0.596. The molecule has 0 bridgehead atoms. The van der Waals surface area contributed by atoms with Crippen molar-refractivity contribution in [1.82, 2.24) is 14.5 Å². The molecule has 8 nitrogen and oxygen atoms in total. The SMILES string of the molecule is CCOC(=O)c1cn([C@@H]2O[C@H](C)[C@H]3OC(C)(C)O[C@H]32)c2ncnc(Cl)c12. The number of hydrogen-bond acceptors (Lipinski definition) is 7. The lowest BCUT2D eigenvalue weighted by atomic mass is 10.1. The van der Waals surface area contributed by atoms with Crippen molar-refractivity contribution >= 4 is 28.6 Å². The molecule has 0 spiro atoms. The van der Waals surface area contributed by atoms with Crippen molar-refractivity contribution in [2.75, 3.05) is 6.61 Å². The number of esters is 1. The van der Waals surface area contributed by atoms with Crippen molar-refractivity contribution in [3.05, 3.63) is 23.2 Å². The number of aromatic nitrogens is 3. The number of ether oxygens (including phenoxy) is 4. The molecule has 4 atom stereocenters. The second kappa shape index (κ2) is 6.16. The Morgan fingerprint density at radius 1 is 1.35 bits per heavy atom. The van der Waals surface area contributed by atoms with Crippen LogP contribution in [0.5, 0.6) is 0 Å². The van der Waals surface area contributed by atoms with Crippen LogP contribution in [-0.4, -0.2) is 51.2 Å². The van der Waals surface area contributed by atoms with Gasteiger partial charge in [-0.05, 0) is 27.7 Å². The molecule has 2 saturated heterocycles. The highest BCUT2D eigenvalue weighted by molar-refractivity contribution is 6.35. The van der Waals surface area contributed by atoms with Gasteiger partial charge in [0, 0.05) is 6.20 Å². The zero-order valence-corrected chi connectivity index (χ0v) is 15.7. The van der Waals surface area contributed by atoms with E-state index in [1.165, 1.54) is 6.33 Å². The third-order valence-corrected chi connectivity index (χ3v) is 4.88. The van der Waals surface area contributed by atoms with Gasteiger partial charge >= 0.3 is 5.97 Å². The van der Waals surface area contributed by atoms with Crippen molar-refractivity contribution in [2.45, 2.75) is 58.0 Å². The molecule has 0 amide bonds. The molecule has 2 aromatic heterocycles. The topological polar surface area (TPSA) is 84.7 Å². The first-order valence-electron chi connectivity index (χ1n) is 8.51. The van der Waals surface area contributed by atoms with E-state index in [4.69, 9.17) is 30.5 Å². The number of carbonyl (C=O) groups excluding carboxylic acids is 1. The molecule has 0 radical (unpaired) electrons. The lowest BCUT2D eigenvalue weighted by Gasteiger charge is -2.24. The predicted molar refractivity (Wildman–Crippen MR) is 91.9 cm³/mol. The van der Waals surface area contributed by atoms with E-state index in [1.807, 2.05) is 20.8 Å². The number of hydrogen-bond donors (Lipinski definition) is 0. The fourth-order valence-electron chi connectivity index (χ4n) is 3.60. The number of rotatable bonds is 3. The van der Waals surface area contributed by atoms with Gasteiger partial charge in [-0.2, -0.15) is 0 Å². The lowest BCUT2D eigenvalue weighted by Crippen LogP contribution is -2.27. The number of carbonyl (C=O) groups is 1. The van der Waals surface area contributed by atoms with Crippen LogP contribution in [0.15, 0.2) is 12.5 Å². The first kappa shape index (κ1) is 17.7. The van der Waals surface area contributed by atoms with E-state index < -0.39 is 18.0 Å². The Kier molecular flexibility index (Phi) is 4.18. The maximum absolute atomic E-state index is 12.4. The maximum Gasteiger partial charge on any atom is 0.340 e. The van der Waals surface area contributed by atoms with Crippen LogP contribution in [0.25, 0.3) is 11.0 Å². The second-order valence-electron chi connectivity index (χ2n) is 6.83. The Bertz CT molecular complexity index is 867. The molecule has 4 rings (SSSR count). The Hall–Kier alpha value is -1.74. The van der Waals surface area contributed by atoms with Gasteiger partial charge in [-0.15, -0.1) is 0 Å². The van der Waals surface area contributed by atoms with E-state index in [0.29, 0.717) is 16.6 Å². The van der Waals surface area contributed by atoms with Gasteiger partial charge in [0.25, 0.3) is 0 Å². The highest BCUT2D eigenvalue weighted by Crippen LogP contribution is 2.44. The standard InChI is InChI=1S/C17H20ClN3O5/c1-5-23-16(22)9-6-21(14-10(9)13(18)19-7-20-14)15-12-11(8(2)24-15)25-17(3,4)26-12/h6-8,11-12,15H,5H2,1-4H3/t8-,11-,12-,15-/m1/s1. The van der Waals surface area contributed by atoms with Crippen LogP contribution >= 0.6 is 11.6 Å². The van der Waals surface area contributed by atoms with E-state index in [1.54, 1.807) is 17.7 Å². The van der Waals surface area contributed by atoms with Gasteiger partial charge in [0.2, 0.25) is 0 Å². The minimum absolute atomic E-state index is 0.174. The highest BCUT2D eigenvalue weighted by atomic mass is 35.5. The molecule has 0 N–H and O–H groups in total. The van der Waals surface area contributed by atoms with E-state index >= 15 is 0 Å². The van der Waals surface area contributed by atoms with Crippen molar-refractivity contribution in [2.24, 2.45) is 0 Å². The number of nitrogens with zero attached hydrogens (tertiary/aromatic N) is 3. The molecule has 26 heavy (non-hydrogen) atoms. The average Bonchev–Trinajstić information content (AvgIpc) is 3.19. The zero-order chi connectivity index (χ0) is 18.6. The monoisotopic (exact) mass is 381 g/mol. The molecule has 0 unspecified atom stereocenters. The van der Waals surface area contributed by atoms with E-state index in [0.717, 1.165) is 0 Å². The van der Waals surface area contributed by atoms with Crippen LogP contribution in [-0.2, 0) is 18.9 Å². The molecule has 0 aliphatic carbocycles. The van der Waals surface area contributed by atoms with E-state index in [2.05, 4.69) is 9.97 Å². The summed E-state index contributed by atoms with van der Waals surface area (Å²) in [6.07, 6.45) is 1.76. The minimum Gasteiger partial charge on any atom is -0.462 e. The first-order valence-corrected chi connectivity index (χ1v) is 8.89. The maximum atomic E-state index is 12.4. The van der Waals surface area contributed by atoms with Crippen LogP contribution in [0.4, 0.5) is 0 Å². The molecule has 140 valence electrons. The van der Waals surface area contributed by atoms with Crippen molar-refractivity contribution < 1.29 is 23.7 Å². The van der Waals surface area contributed by atoms with Crippen LogP contribution in [0.3, 0.4) is 0 Å². The van der Waals surface area contributed by atoms with Crippen LogP contribution in [0.2, 0.25) is 5.15 Å². The van der Waals surface area contributed by atoms with Crippen molar-refractivity contribution in [1.29, 1.82) is 0 Å². The van der Waals surface area contributed by atoms with Gasteiger partial charge in [-0.25, -0.2) is 14.8 Å². The van der Waals surface area contributed by atoms with Gasteiger partial charge in [0.1, 0.15) is 29.3 Å². The smallest absolute Gasteiger partial charge is 0.340 e. The van der Waals surface area contributed by atoms with Crippen molar-refractivity contribution in [3.63, 3.8) is 0 Å². The third-order valence-electron chi connectivity index (χ3n) is 4.59. The molecule has 0 aromatic carbocycles. The van der Waals surface area contributed by atoms with Crippen LogP contribution < -0.4 is 0 Å². The Morgan fingerprint density at radius 2 is 2.08 bits per heavy atom. The summed E-state index contributed by atoms with van der Waals surface area (Å²) < 4.78 is 25.0. The lowest BCUT2D eigenvalue weighted by molar-refractivity contribution is -0.194. The normalized spacial score (nSPS) is 29.9. The summed E-state index contributed by atoms with van der Waals surface area (Å²) in [5, 5.41) is 0.619. The number of fused-ring (bicyclic) bond motifs is 2. The highest BCUT2D eigenvalue weighted by Gasteiger charge is 2.54. The first-order chi connectivity index (χ1) is 12.3. The van der Waals surface area contributed by atoms with Crippen LogP contribution in [0.1, 0.15) is 44.3 Å². The summed E-state index contributed by atoms with van der Waals surface area (Å²) in [7, 11) is 0. The molecular weight excluding hydrogens is 362 g/mol. The van der Waals surface area contributed by atoms with Crippen molar-refractivity contribution in [3.8, 4) is 0 Å². The predicted octanol–water partition coefficient (Wildman–Crippen LogP) is 2.70. The second-order valence-corrected chi connectivity index (χ2v) is 7.19. The number of halogens is 1. The summed E-state index contributed by atoms with van der Waals surface area (Å²) >= 11 is 6.24. The van der Waals surface area contributed by atoms with Gasteiger partial charge in [-0.1, -0.05) is 11.6 Å². The summed E-state index contributed by atoms with van der Waals surface area (Å²) in [5.41, 5.74) is 0.782. The van der Waals surface area contributed by atoms with E-state index in [9.17, 15) is 4.79 Å². The largest absolute Gasteiger partial charge is 0.462 e. The summed E-state index contributed by atoms with van der Waals surface area (Å²) in [5.74, 6) is -1.19. The van der Waals surface area contributed by atoms with E-state index in [-0.39, 0.29) is 30.1 Å². The molecule has 2 aliphatic rings. The summed E-state index contributed by atoms with van der Waals surface area (Å²) in [6.45, 7) is 7.66. The molecule has 4 heterocycles. The third kappa shape index (κ3) is 2.68. The molecule has 2 aliphatic heterocycles. The fourth-order valence-corrected chi connectivity index (χ4v) is 3.83. The summed E-state index contributed by atoms with van der Waals surface area (Å²) in [4.78, 5) is 20.7. The Morgan fingerprint density at radius 3 is 2.81 bits per heavy atom. The molecule has 2 fully saturated rings. The average molecular weight is 382 g/mol.